The first-order valence-electron chi connectivity index (χ1n) is 14.0. The molecule has 3 aromatic heterocycles. The van der Waals surface area contributed by atoms with Gasteiger partial charge in [0.25, 0.3) is 0 Å². The maximum absolute atomic E-state index is 13.7. The molecule has 3 N–H and O–H groups in total. The van der Waals surface area contributed by atoms with Gasteiger partial charge >= 0.3 is 6.03 Å². The Morgan fingerprint density at radius 1 is 1.12 bits per heavy atom. The number of anilines is 3. The van der Waals surface area contributed by atoms with Crippen molar-refractivity contribution in [3.8, 4) is 6.07 Å². The van der Waals surface area contributed by atoms with Crippen LogP contribution in [0.4, 0.5) is 22.2 Å². The van der Waals surface area contributed by atoms with Gasteiger partial charge in [0.05, 0.1) is 42.7 Å². The van der Waals surface area contributed by atoms with Gasteiger partial charge in [-0.1, -0.05) is 41.9 Å². The maximum atomic E-state index is 13.7. The van der Waals surface area contributed by atoms with Crippen molar-refractivity contribution in [1.29, 1.82) is 5.26 Å². The minimum absolute atomic E-state index is 0.0498. The smallest absolute Gasteiger partial charge is 0.322 e. The lowest BCUT2D eigenvalue weighted by Crippen LogP contribution is -2.48. The Hall–Kier alpha value is -4.47. The van der Waals surface area contributed by atoms with E-state index in [-0.39, 0.29) is 24.2 Å². The van der Waals surface area contributed by atoms with Gasteiger partial charge in [-0.25, -0.2) is 14.8 Å². The second-order valence-corrected chi connectivity index (χ2v) is 10.9. The zero-order valence-corrected chi connectivity index (χ0v) is 23.9. The third-order valence-corrected chi connectivity index (χ3v) is 8.12. The van der Waals surface area contributed by atoms with Gasteiger partial charge in [-0.3, -0.25) is 9.58 Å². The Morgan fingerprint density at radius 2 is 1.90 bits per heavy atom. The van der Waals surface area contributed by atoms with E-state index >= 15 is 0 Å². The van der Waals surface area contributed by atoms with Crippen LogP contribution in [0, 0.1) is 11.3 Å². The number of nitriles is 1. The molecule has 1 aliphatic heterocycles. The van der Waals surface area contributed by atoms with E-state index in [2.05, 4.69) is 42.1 Å². The molecule has 1 saturated heterocycles. The number of fused-ring (bicyclic) bond motifs is 1. The van der Waals surface area contributed by atoms with Crippen molar-refractivity contribution in [3.63, 3.8) is 0 Å². The lowest BCUT2D eigenvalue weighted by Gasteiger charge is -2.37. The molecule has 0 bridgehead atoms. The Balaban J connectivity index is 1.17. The van der Waals surface area contributed by atoms with Crippen LogP contribution in [-0.2, 0) is 18.3 Å². The largest absolute Gasteiger partial charge is 0.377 e. The van der Waals surface area contributed by atoms with E-state index < -0.39 is 0 Å². The minimum Gasteiger partial charge on any atom is -0.377 e. The summed E-state index contributed by atoms with van der Waals surface area (Å²) in [4.78, 5) is 28.9. The number of benzene rings is 1. The number of amides is 2. The fourth-order valence-corrected chi connectivity index (χ4v) is 5.52. The van der Waals surface area contributed by atoms with Crippen molar-refractivity contribution >= 4 is 46.1 Å². The number of pyridine rings is 1. The summed E-state index contributed by atoms with van der Waals surface area (Å²) < 4.78 is 6.80. The number of hydrogen-bond donors (Lipinski definition) is 3. The van der Waals surface area contributed by atoms with E-state index in [0.717, 1.165) is 31.2 Å². The molecule has 216 valence electrons. The molecule has 0 atom stereocenters. The van der Waals surface area contributed by atoms with Crippen LogP contribution >= 0.6 is 11.6 Å². The summed E-state index contributed by atoms with van der Waals surface area (Å²) in [7, 11) is 1.76. The summed E-state index contributed by atoms with van der Waals surface area (Å²) in [5.41, 5.74) is 2.62. The molecule has 0 spiro atoms. The van der Waals surface area contributed by atoms with Crippen molar-refractivity contribution in [2.24, 2.45) is 7.05 Å². The van der Waals surface area contributed by atoms with E-state index in [4.69, 9.17) is 16.3 Å². The molecule has 0 unspecified atom stereocenters. The van der Waals surface area contributed by atoms with Crippen LogP contribution in [0.15, 0.2) is 48.8 Å². The Bertz CT molecular complexity index is 1610. The van der Waals surface area contributed by atoms with E-state index in [1.54, 1.807) is 22.8 Å². The topological polar surface area (TPSA) is 146 Å². The number of nitrogens with zero attached hydrogens (tertiary/aromatic N) is 7. The molecule has 1 aliphatic carbocycles. The average molecular weight is 587 g/mol. The quantitative estimate of drug-likeness (QED) is 0.276. The summed E-state index contributed by atoms with van der Waals surface area (Å²) in [5, 5.41) is 24.7. The van der Waals surface area contributed by atoms with Crippen LogP contribution in [0.1, 0.15) is 36.8 Å². The number of carbonyl (C=O) groups excluding carboxylic acids is 1. The van der Waals surface area contributed by atoms with E-state index in [0.29, 0.717) is 59.0 Å². The number of urea groups is 1. The Morgan fingerprint density at radius 3 is 2.62 bits per heavy atom. The van der Waals surface area contributed by atoms with Crippen LogP contribution in [0.25, 0.3) is 11.0 Å². The molecule has 4 aromatic rings. The number of nitrogens with one attached hydrogen (secondary N) is 3. The first-order valence-corrected chi connectivity index (χ1v) is 14.3. The summed E-state index contributed by atoms with van der Waals surface area (Å²) >= 11 is 6.48. The van der Waals surface area contributed by atoms with Crippen LogP contribution in [0.2, 0.25) is 5.15 Å². The molecule has 2 aliphatic rings. The highest BCUT2D eigenvalue weighted by Gasteiger charge is 2.31. The first-order chi connectivity index (χ1) is 20.5. The fraction of sp³-hybridized carbons (Fsp3) is 0.379. The second-order valence-electron chi connectivity index (χ2n) is 10.6. The predicted molar refractivity (Wildman–Crippen MR) is 159 cm³/mol. The zero-order valence-electron chi connectivity index (χ0n) is 23.1. The molecule has 12 nitrogen and oxygen atoms in total. The first kappa shape index (κ1) is 27.7. The molecular formula is C29H31ClN10O2. The lowest BCUT2D eigenvalue weighted by atomic mass is 9.90. The van der Waals surface area contributed by atoms with Crippen LogP contribution in [0.3, 0.4) is 0 Å². The molecule has 2 fully saturated rings. The number of halogens is 1. The van der Waals surface area contributed by atoms with Crippen molar-refractivity contribution in [2.75, 3.05) is 28.7 Å². The third kappa shape index (κ3) is 5.93. The number of rotatable bonds is 8. The summed E-state index contributed by atoms with van der Waals surface area (Å²) in [6.45, 7) is 1.59. The second kappa shape index (κ2) is 12.2. The van der Waals surface area contributed by atoms with Crippen molar-refractivity contribution in [2.45, 2.75) is 50.4 Å². The summed E-state index contributed by atoms with van der Waals surface area (Å²) in [6, 6.07) is 13.9. The van der Waals surface area contributed by atoms with Gasteiger partial charge < -0.3 is 20.7 Å². The van der Waals surface area contributed by atoms with E-state index in [1.807, 2.05) is 36.4 Å². The third-order valence-electron chi connectivity index (χ3n) is 7.67. The molecule has 4 heterocycles. The Labute approximate surface area is 248 Å². The summed E-state index contributed by atoms with van der Waals surface area (Å²) in [5.74, 6) is 0.980. The average Bonchev–Trinajstić information content (AvgIpc) is 3.28. The van der Waals surface area contributed by atoms with Gasteiger partial charge in [0.2, 0.25) is 5.95 Å². The number of hydrogen-bond acceptors (Lipinski definition) is 9. The van der Waals surface area contributed by atoms with Crippen molar-refractivity contribution < 1.29 is 9.53 Å². The predicted octanol–water partition coefficient (Wildman–Crippen LogP) is 4.23. The number of aryl methyl sites for hydroxylation is 1. The molecular weight excluding hydrogens is 556 g/mol. The lowest BCUT2D eigenvalue weighted by molar-refractivity contribution is 0.0209. The van der Waals surface area contributed by atoms with Gasteiger partial charge in [-0.15, -0.1) is 0 Å². The maximum Gasteiger partial charge on any atom is 0.322 e. The normalized spacial score (nSPS) is 18.6. The van der Waals surface area contributed by atoms with Crippen LogP contribution in [-0.4, -0.2) is 62.1 Å². The SMILES string of the molecule is Cn1nc2ncc(N(C(=O)NCc3ccccc3)[C@H]3CC[C@H](Nc4ncc(C#N)c(NC5COC5)n4)CC3)cc2c1Cl. The highest BCUT2D eigenvalue weighted by Crippen LogP contribution is 2.32. The van der Waals surface area contributed by atoms with Crippen molar-refractivity contribution in [1.82, 2.24) is 30.0 Å². The molecule has 6 rings (SSSR count). The van der Waals surface area contributed by atoms with Gasteiger partial charge in [0.15, 0.2) is 5.65 Å². The molecule has 42 heavy (non-hydrogen) atoms. The van der Waals surface area contributed by atoms with E-state index in [9.17, 15) is 10.1 Å². The zero-order chi connectivity index (χ0) is 29.1. The van der Waals surface area contributed by atoms with E-state index in [1.165, 1.54) is 6.20 Å². The molecule has 0 radical (unpaired) electrons. The standard InChI is InChI=1S/C29H31ClN10O2/c1-39-25(30)24-11-23(15-32-27(24)38-39)40(29(41)34-13-18-5-3-2-4-6-18)22-9-7-20(8-10-22)36-28-33-14-19(12-31)26(37-28)35-21-16-42-17-21/h2-6,11,14-15,20-22H,7-10,13,16-17H2,1H3,(H,34,41)(H2,33,35,36,37)/t20-,22-. The molecule has 13 heteroatoms. The highest BCUT2D eigenvalue weighted by molar-refractivity contribution is 6.34. The van der Waals surface area contributed by atoms with Gasteiger partial charge in [-0.2, -0.15) is 15.3 Å². The van der Waals surface area contributed by atoms with Gasteiger partial charge in [0.1, 0.15) is 22.6 Å². The number of ether oxygens (including phenoxy) is 1. The molecule has 2 amide bonds. The highest BCUT2D eigenvalue weighted by atomic mass is 35.5. The fourth-order valence-electron chi connectivity index (χ4n) is 5.34. The number of aromatic nitrogens is 5. The molecule has 1 aromatic carbocycles. The van der Waals surface area contributed by atoms with Crippen LogP contribution in [0.5, 0.6) is 0 Å². The monoisotopic (exact) mass is 586 g/mol. The minimum atomic E-state index is -0.192. The van der Waals surface area contributed by atoms with Gasteiger partial charge in [-0.05, 0) is 37.3 Å². The van der Waals surface area contributed by atoms with Crippen molar-refractivity contribution in [3.05, 3.63) is 65.1 Å². The summed E-state index contributed by atoms with van der Waals surface area (Å²) in [6.07, 6.45) is 6.35. The number of carbonyl (C=O) groups is 1. The molecule has 1 saturated carbocycles. The Kier molecular flexibility index (Phi) is 8.03. The van der Waals surface area contributed by atoms with Gasteiger partial charge in [0, 0.05) is 25.7 Å². The van der Waals surface area contributed by atoms with Crippen LogP contribution < -0.4 is 20.9 Å².